The maximum absolute atomic E-state index is 12.7. The van der Waals surface area contributed by atoms with Crippen LogP contribution in [0.5, 0.6) is 0 Å². The number of imidazole rings is 1. The molecule has 1 N–H and O–H groups in total. The Balaban J connectivity index is 1.93. The molecule has 4 nitrogen and oxygen atoms in total. The van der Waals surface area contributed by atoms with Crippen LogP contribution in [0.1, 0.15) is 31.1 Å². The lowest BCUT2D eigenvalue weighted by Gasteiger charge is -2.20. The molecule has 30 heavy (non-hydrogen) atoms. The highest BCUT2D eigenvalue weighted by Crippen LogP contribution is 2.34. The summed E-state index contributed by atoms with van der Waals surface area (Å²) in [6.07, 6.45) is 1.85. The van der Waals surface area contributed by atoms with Crippen molar-refractivity contribution in [1.29, 1.82) is 0 Å². The highest BCUT2D eigenvalue weighted by Gasteiger charge is 2.19. The Hall–Kier alpha value is -2.63. The van der Waals surface area contributed by atoms with Crippen molar-refractivity contribution >= 4 is 39.1 Å². The summed E-state index contributed by atoms with van der Waals surface area (Å²) in [5.41, 5.74) is 4.75. The molecule has 0 fully saturated rings. The van der Waals surface area contributed by atoms with Crippen molar-refractivity contribution in [3.05, 3.63) is 81.9 Å². The zero-order valence-electron chi connectivity index (χ0n) is 16.9. The number of hydrogen-bond donors (Lipinski definition) is 1. The number of rotatable bonds is 3. The Morgan fingerprint density at radius 2 is 1.60 bits per heavy atom. The average Bonchev–Trinajstić information content (AvgIpc) is 3.06. The number of nitrogens with one attached hydrogen (secondary N) is 1. The minimum absolute atomic E-state index is 0.118. The van der Waals surface area contributed by atoms with Gasteiger partial charge in [0, 0.05) is 32.4 Å². The monoisotopic (exact) mass is 481 g/mol. The SMILES string of the molecule is CC(C)(C)NC(=O)c1ccc2nc(-c3ccc(Cl)cc3)c(-c3ccc(Br)cc3)n2c1. The lowest BCUT2D eigenvalue weighted by molar-refractivity contribution is 0.0919. The Kier molecular flexibility index (Phi) is 5.43. The molecule has 152 valence electrons. The van der Waals surface area contributed by atoms with Crippen molar-refractivity contribution in [2.24, 2.45) is 0 Å². The molecule has 4 rings (SSSR count). The summed E-state index contributed by atoms with van der Waals surface area (Å²) in [4.78, 5) is 17.6. The summed E-state index contributed by atoms with van der Waals surface area (Å²) < 4.78 is 2.98. The van der Waals surface area contributed by atoms with Crippen LogP contribution in [0.15, 0.2) is 71.3 Å². The van der Waals surface area contributed by atoms with E-state index in [9.17, 15) is 4.79 Å². The van der Waals surface area contributed by atoms with Crippen molar-refractivity contribution in [2.45, 2.75) is 26.3 Å². The van der Waals surface area contributed by atoms with Gasteiger partial charge < -0.3 is 5.32 Å². The lowest BCUT2D eigenvalue weighted by atomic mass is 10.0. The average molecular weight is 483 g/mol. The minimum atomic E-state index is -0.315. The summed E-state index contributed by atoms with van der Waals surface area (Å²) >= 11 is 9.58. The van der Waals surface area contributed by atoms with Crippen LogP contribution in [0.3, 0.4) is 0 Å². The van der Waals surface area contributed by atoms with Crippen molar-refractivity contribution < 1.29 is 4.79 Å². The van der Waals surface area contributed by atoms with Gasteiger partial charge in [-0.2, -0.15) is 0 Å². The molecule has 0 aliphatic rings. The molecular weight excluding hydrogens is 462 g/mol. The maximum atomic E-state index is 12.7. The van der Waals surface area contributed by atoms with E-state index < -0.39 is 0 Å². The molecule has 1 amide bonds. The number of aromatic nitrogens is 2. The van der Waals surface area contributed by atoms with Gasteiger partial charge >= 0.3 is 0 Å². The third-order valence-electron chi connectivity index (χ3n) is 4.60. The van der Waals surface area contributed by atoms with Crippen LogP contribution in [0.25, 0.3) is 28.2 Å². The summed E-state index contributed by atoms with van der Waals surface area (Å²) in [6, 6.07) is 19.4. The number of nitrogens with zero attached hydrogens (tertiary/aromatic N) is 2. The van der Waals surface area contributed by atoms with Crippen molar-refractivity contribution in [3.8, 4) is 22.5 Å². The topological polar surface area (TPSA) is 46.4 Å². The van der Waals surface area contributed by atoms with E-state index >= 15 is 0 Å². The second-order valence-corrected chi connectivity index (χ2v) is 9.53. The van der Waals surface area contributed by atoms with Crippen molar-refractivity contribution in [2.75, 3.05) is 0 Å². The number of fused-ring (bicyclic) bond motifs is 1. The van der Waals surface area contributed by atoms with Gasteiger partial charge in [0.15, 0.2) is 0 Å². The standard InChI is InChI=1S/C24H21BrClN3O/c1-24(2,3)28-23(30)17-8-13-20-27-21(15-6-11-19(26)12-7-15)22(29(20)14-17)16-4-9-18(25)10-5-16/h4-14H,1-3H3,(H,28,30). The van der Waals surface area contributed by atoms with E-state index in [1.54, 1.807) is 6.07 Å². The third-order valence-corrected chi connectivity index (χ3v) is 5.39. The number of halogens is 2. The van der Waals surface area contributed by atoms with E-state index in [4.69, 9.17) is 16.6 Å². The first-order chi connectivity index (χ1) is 14.2. The van der Waals surface area contributed by atoms with Gasteiger partial charge in [-0.1, -0.05) is 51.8 Å². The Bertz CT molecular complexity index is 1220. The van der Waals surface area contributed by atoms with Gasteiger partial charge in [0.2, 0.25) is 0 Å². The molecule has 0 unspecified atom stereocenters. The van der Waals surface area contributed by atoms with Gasteiger partial charge in [0.1, 0.15) is 5.65 Å². The molecule has 0 saturated carbocycles. The smallest absolute Gasteiger partial charge is 0.253 e. The first-order valence-electron chi connectivity index (χ1n) is 9.58. The lowest BCUT2D eigenvalue weighted by Crippen LogP contribution is -2.40. The van der Waals surface area contributed by atoms with E-state index in [2.05, 4.69) is 21.2 Å². The molecule has 4 aromatic rings. The highest BCUT2D eigenvalue weighted by atomic mass is 79.9. The normalized spacial score (nSPS) is 11.6. The minimum Gasteiger partial charge on any atom is -0.347 e. The van der Waals surface area contributed by atoms with E-state index in [-0.39, 0.29) is 11.4 Å². The highest BCUT2D eigenvalue weighted by molar-refractivity contribution is 9.10. The van der Waals surface area contributed by atoms with Crippen LogP contribution >= 0.6 is 27.5 Å². The summed E-state index contributed by atoms with van der Waals surface area (Å²) in [6.45, 7) is 5.89. The van der Waals surface area contributed by atoms with E-state index in [0.717, 1.165) is 32.6 Å². The fourth-order valence-corrected chi connectivity index (χ4v) is 3.67. The van der Waals surface area contributed by atoms with Gasteiger partial charge in [0.05, 0.1) is 17.0 Å². The fraction of sp³-hybridized carbons (Fsp3) is 0.167. The Morgan fingerprint density at radius 1 is 0.967 bits per heavy atom. The second kappa shape index (κ2) is 7.89. The molecule has 6 heteroatoms. The first-order valence-corrected chi connectivity index (χ1v) is 10.7. The molecule has 2 aromatic heterocycles. The number of pyridine rings is 1. The molecule has 0 saturated heterocycles. The molecular formula is C24H21BrClN3O. The number of benzene rings is 2. The quantitative estimate of drug-likeness (QED) is 0.357. The molecule has 2 heterocycles. The number of carbonyl (C=O) groups excluding carboxylic acids is 1. The first kappa shape index (κ1) is 20.6. The van der Waals surface area contributed by atoms with Gasteiger partial charge in [0.25, 0.3) is 5.91 Å². The molecule has 0 bridgehead atoms. The van der Waals surface area contributed by atoms with Gasteiger partial charge in [-0.05, 0) is 57.2 Å². The van der Waals surface area contributed by atoms with E-state index in [1.807, 2.05) is 86.0 Å². The zero-order valence-corrected chi connectivity index (χ0v) is 19.3. The predicted molar refractivity (Wildman–Crippen MR) is 126 cm³/mol. The molecule has 0 aliphatic carbocycles. The zero-order chi connectivity index (χ0) is 21.5. The van der Waals surface area contributed by atoms with E-state index in [1.165, 1.54) is 0 Å². The predicted octanol–water partition coefficient (Wildman–Crippen LogP) is 6.61. The van der Waals surface area contributed by atoms with Crippen LogP contribution < -0.4 is 5.32 Å². The summed E-state index contributed by atoms with van der Waals surface area (Å²) in [7, 11) is 0. The maximum Gasteiger partial charge on any atom is 0.253 e. The number of carbonyl (C=O) groups is 1. The summed E-state index contributed by atoms with van der Waals surface area (Å²) in [5, 5.41) is 3.69. The van der Waals surface area contributed by atoms with Gasteiger partial charge in [-0.3, -0.25) is 9.20 Å². The molecule has 0 atom stereocenters. The van der Waals surface area contributed by atoms with Crippen LogP contribution in [0.4, 0.5) is 0 Å². The van der Waals surface area contributed by atoms with E-state index in [0.29, 0.717) is 10.6 Å². The molecule has 0 radical (unpaired) electrons. The van der Waals surface area contributed by atoms with Crippen molar-refractivity contribution in [1.82, 2.24) is 14.7 Å². The van der Waals surface area contributed by atoms with Gasteiger partial charge in [-0.15, -0.1) is 0 Å². The Morgan fingerprint density at radius 3 is 2.23 bits per heavy atom. The number of hydrogen-bond acceptors (Lipinski definition) is 2. The summed E-state index contributed by atoms with van der Waals surface area (Å²) in [5.74, 6) is -0.118. The second-order valence-electron chi connectivity index (χ2n) is 8.17. The van der Waals surface area contributed by atoms with Crippen LogP contribution in [0.2, 0.25) is 5.02 Å². The largest absolute Gasteiger partial charge is 0.347 e. The van der Waals surface area contributed by atoms with Crippen LogP contribution in [-0.4, -0.2) is 20.8 Å². The van der Waals surface area contributed by atoms with Gasteiger partial charge in [-0.25, -0.2) is 4.98 Å². The number of amides is 1. The third kappa shape index (κ3) is 4.27. The molecule has 2 aromatic carbocycles. The van der Waals surface area contributed by atoms with Crippen LogP contribution in [0, 0.1) is 0 Å². The Labute approximate surface area is 189 Å². The molecule has 0 aliphatic heterocycles. The van der Waals surface area contributed by atoms with Crippen molar-refractivity contribution in [3.63, 3.8) is 0 Å². The molecule has 0 spiro atoms. The fourth-order valence-electron chi connectivity index (χ4n) is 3.28. The van der Waals surface area contributed by atoms with Crippen LogP contribution in [-0.2, 0) is 0 Å².